The van der Waals surface area contributed by atoms with Crippen molar-refractivity contribution in [3.8, 4) is 0 Å². The minimum atomic E-state index is 0.0179. The van der Waals surface area contributed by atoms with Crippen molar-refractivity contribution >= 4 is 16.7 Å². The summed E-state index contributed by atoms with van der Waals surface area (Å²) in [7, 11) is 0. The van der Waals surface area contributed by atoms with Gasteiger partial charge in [0.2, 0.25) is 0 Å². The van der Waals surface area contributed by atoms with Crippen LogP contribution in [0, 0.1) is 0 Å². The predicted octanol–water partition coefficient (Wildman–Crippen LogP) is 3.38. The number of benzene rings is 1. The van der Waals surface area contributed by atoms with E-state index in [2.05, 4.69) is 4.98 Å². The van der Waals surface area contributed by atoms with Crippen LogP contribution in [0.4, 0.5) is 0 Å². The van der Waals surface area contributed by atoms with E-state index in [9.17, 15) is 4.79 Å². The Bertz CT molecular complexity index is 560. The average Bonchev–Trinajstić information content (AvgIpc) is 2.27. The molecule has 0 spiro atoms. The molecule has 0 fully saturated rings. The maximum atomic E-state index is 12.0. The zero-order valence-corrected chi connectivity index (χ0v) is 9.40. The molecular formula is C14H13NO. The molecule has 0 atom stereocenters. The lowest BCUT2D eigenvalue weighted by Gasteiger charge is -2.02. The zero-order chi connectivity index (χ0) is 11.5. The lowest BCUT2D eigenvalue weighted by atomic mass is 10.0. The first kappa shape index (κ1) is 10.6. The van der Waals surface area contributed by atoms with Crippen LogP contribution in [0.3, 0.4) is 0 Å². The van der Waals surface area contributed by atoms with Crippen LogP contribution in [0.25, 0.3) is 10.9 Å². The number of hydrogen-bond acceptors (Lipinski definition) is 2. The summed E-state index contributed by atoms with van der Waals surface area (Å²) in [5.74, 6) is 0.0179. The van der Waals surface area contributed by atoms with Gasteiger partial charge in [-0.25, -0.2) is 0 Å². The van der Waals surface area contributed by atoms with Crippen LogP contribution in [-0.4, -0.2) is 10.8 Å². The summed E-state index contributed by atoms with van der Waals surface area (Å²) in [6.45, 7) is 3.83. The molecule has 2 aromatic rings. The fraction of sp³-hybridized carbons (Fsp3) is 0.143. The summed E-state index contributed by atoms with van der Waals surface area (Å²) in [6, 6.07) is 9.49. The maximum Gasteiger partial charge on any atom is 0.187 e. The van der Waals surface area contributed by atoms with E-state index in [4.69, 9.17) is 0 Å². The number of rotatable bonds is 2. The van der Waals surface area contributed by atoms with Crippen molar-refractivity contribution in [2.24, 2.45) is 0 Å². The average molecular weight is 211 g/mol. The Morgan fingerprint density at radius 3 is 2.69 bits per heavy atom. The Labute approximate surface area is 94.6 Å². The SMILES string of the molecule is CC(C)=CC(=O)c1cccc2cccnc12. The van der Waals surface area contributed by atoms with Crippen LogP contribution in [0.2, 0.25) is 0 Å². The molecular weight excluding hydrogens is 198 g/mol. The molecule has 0 bridgehead atoms. The van der Waals surface area contributed by atoms with Gasteiger partial charge in [0.25, 0.3) is 0 Å². The fourth-order valence-corrected chi connectivity index (χ4v) is 1.64. The lowest BCUT2D eigenvalue weighted by Crippen LogP contribution is -1.97. The number of pyridine rings is 1. The second-order valence-corrected chi connectivity index (χ2v) is 3.97. The van der Waals surface area contributed by atoms with Crippen LogP contribution in [0.1, 0.15) is 24.2 Å². The van der Waals surface area contributed by atoms with Crippen LogP contribution >= 0.6 is 0 Å². The monoisotopic (exact) mass is 211 g/mol. The Morgan fingerprint density at radius 2 is 1.94 bits per heavy atom. The molecule has 0 amide bonds. The van der Waals surface area contributed by atoms with E-state index in [0.717, 1.165) is 16.5 Å². The molecule has 2 nitrogen and oxygen atoms in total. The van der Waals surface area contributed by atoms with Crippen molar-refractivity contribution in [2.45, 2.75) is 13.8 Å². The molecule has 80 valence electrons. The highest BCUT2D eigenvalue weighted by Gasteiger charge is 2.07. The van der Waals surface area contributed by atoms with E-state index < -0.39 is 0 Å². The molecule has 16 heavy (non-hydrogen) atoms. The van der Waals surface area contributed by atoms with Crippen LogP contribution in [0.5, 0.6) is 0 Å². The standard InChI is InChI=1S/C14H13NO/c1-10(2)9-13(16)12-7-3-5-11-6-4-8-15-14(11)12/h3-9H,1-2H3. The molecule has 0 saturated heterocycles. The number of fused-ring (bicyclic) bond motifs is 1. The van der Waals surface area contributed by atoms with E-state index in [1.807, 2.05) is 44.2 Å². The number of hydrogen-bond donors (Lipinski definition) is 0. The third kappa shape index (κ3) is 2.01. The second kappa shape index (κ2) is 4.27. The number of para-hydroxylation sites is 1. The van der Waals surface area contributed by atoms with E-state index in [1.165, 1.54) is 0 Å². The molecule has 1 heterocycles. The Hall–Kier alpha value is -1.96. The quantitative estimate of drug-likeness (QED) is 0.563. The first-order chi connectivity index (χ1) is 7.68. The third-order valence-corrected chi connectivity index (χ3v) is 2.32. The minimum absolute atomic E-state index is 0.0179. The van der Waals surface area contributed by atoms with Gasteiger partial charge in [-0.05, 0) is 32.1 Å². The molecule has 0 aliphatic heterocycles. The Kier molecular flexibility index (Phi) is 2.82. The Balaban J connectivity index is 2.61. The topological polar surface area (TPSA) is 30.0 Å². The predicted molar refractivity (Wildman–Crippen MR) is 65.5 cm³/mol. The molecule has 0 N–H and O–H groups in total. The van der Waals surface area contributed by atoms with Crippen LogP contribution in [0.15, 0.2) is 48.2 Å². The van der Waals surface area contributed by atoms with Gasteiger partial charge in [-0.15, -0.1) is 0 Å². The molecule has 1 aromatic heterocycles. The fourth-order valence-electron chi connectivity index (χ4n) is 1.64. The number of aromatic nitrogens is 1. The van der Waals surface area contributed by atoms with Gasteiger partial charge < -0.3 is 0 Å². The summed E-state index contributed by atoms with van der Waals surface area (Å²) in [4.78, 5) is 16.2. The highest BCUT2D eigenvalue weighted by Crippen LogP contribution is 2.17. The molecule has 2 heteroatoms. The van der Waals surface area contributed by atoms with E-state index in [1.54, 1.807) is 12.3 Å². The molecule has 0 saturated carbocycles. The molecule has 2 rings (SSSR count). The summed E-state index contributed by atoms with van der Waals surface area (Å²) >= 11 is 0. The Morgan fingerprint density at radius 1 is 1.19 bits per heavy atom. The minimum Gasteiger partial charge on any atom is -0.289 e. The zero-order valence-electron chi connectivity index (χ0n) is 9.40. The second-order valence-electron chi connectivity index (χ2n) is 3.97. The van der Waals surface area contributed by atoms with Crippen molar-refractivity contribution in [1.82, 2.24) is 4.98 Å². The van der Waals surface area contributed by atoms with Gasteiger partial charge in [-0.1, -0.05) is 23.8 Å². The maximum absolute atomic E-state index is 12.0. The van der Waals surface area contributed by atoms with Gasteiger partial charge in [0, 0.05) is 17.1 Å². The number of ketones is 1. The smallest absolute Gasteiger partial charge is 0.187 e. The molecule has 0 unspecified atom stereocenters. The van der Waals surface area contributed by atoms with Crippen molar-refractivity contribution < 1.29 is 4.79 Å². The van der Waals surface area contributed by atoms with Gasteiger partial charge in [0.1, 0.15) is 0 Å². The number of allylic oxidation sites excluding steroid dienone is 2. The van der Waals surface area contributed by atoms with Gasteiger partial charge in [-0.2, -0.15) is 0 Å². The normalized spacial score (nSPS) is 10.1. The van der Waals surface area contributed by atoms with Crippen LogP contribution in [-0.2, 0) is 0 Å². The lowest BCUT2D eigenvalue weighted by molar-refractivity contribution is 0.104. The van der Waals surface area contributed by atoms with Crippen molar-refractivity contribution in [3.05, 3.63) is 53.7 Å². The highest BCUT2D eigenvalue weighted by molar-refractivity contribution is 6.12. The number of carbonyl (C=O) groups is 1. The van der Waals surface area contributed by atoms with Crippen LogP contribution < -0.4 is 0 Å². The molecule has 1 aromatic carbocycles. The molecule has 0 radical (unpaired) electrons. The summed E-state index contributed by atoms with van der Waals surface area (Å²) in [5, 5.41) is 0.996. The van der Waals surface area contributed by atoms with Gasteiger partial charge in [0.05, 0.1) is 5.52 Å². The van der Waals surface area contributed by atoms with Gasteiger partial charge >= 0.3 is 0 Å². The van der Waals surface area contributed by atoms with E-state index >= 15 is 0 Å². The summed E-state index contributed by atoms with van der Waals surface area (Å²) in [6.07, 6.45) is 3.35. The number of carbonyl (C=O) groups excluding carboxylic acids is 1. The molecule has 0 aliphatic carbocycles. The molecule has 0 aliphatic rings. The van der Waals surface area contributed by atoms with E-state index in [0.29, 0.717) is 5.56 Å². The third-order valence-electron chi connectivity index (χ3n) is 2.32. The first-order valence-electron chi connectivity index (χ1n) is 5.21. The van der Waals surface area contributed by atoms with E-state index in [-0.39, 0.29) is 5.78 Å². The van der Waals surface area contributed by atoms with Crippen molar-refractivity contribution in [2.75, 3.05) is 0 Å². The largest absolute Gasteiger partial charge is 0.289 e. The summed E-state index contributed by atoms with van der Waals surface area (Å²) < 4.78 is 0. The highest BCUT2D eigenvalue weighted by atomic mass is 16.1. The van der Waals surface area contributed by atoms with Gasteiger partial charge in [-0.3, -0.25) is 9.78 Å². The first-order valence-corrected chi connectivity index (χ1v) is 5.21. The summed E-state index contributed by atoms with van der Waals surface area (Å²) in [5.41, 5.74) is 2.43. The van der Waals surface area contributed by atoms with Gasteiger partial charge in [0.15, 0.2) is 5.78 Å². The van der Waals surface area contributed by atoms with Crippen molar-refractivity contribution in [1.29, 1.82) is 0 Å². The number of nitrogens with zero attached hydrogens (tertiary/aromatic N) is 1. The van der Waals surface area contributed by atoms with Crippen molar-refractivity contribution in [3.63, 3.8) is 0 Å².